The average Bonchev–Trinajstić information content (AvgIpc) is 2.30. The van der Waals surface area contributed by atoms with E-state index in [0.717, 1.165) is 45.6 Å². The molecule has 2 heterocycles. The molecule has 0 radical (unpaired) electrons. The number of piperazine rings is 1. The Kier molecular flexibility index (Phi) is 4.55. The lowest BCUT2D eigenvalue weighted by Crippen LogP contribution is -2.45. The third kappa shape index (κ3) is 4.49. The second-order valence-electron chi connectivity index (χ2n) is 6.83. The number of ether oxygens (including phenoxy) is 1. The number of hydrogen-bond acceptors (Lipinski definition) is 3. The summed E-state index contributed by atoms with van der Waals surface area (Å²) >= 11 is 0. The first-order chi connectivity index (χ1) is 8.89. The highest BCUT2D eigenvalue weighted by Gasteiger charge is 2.35. The maximum Gasteiger partial charge on any atom is 0.126 e. The molecule has 0 aromatic heterocycles. The molecule has 19 heavy (non-hydrogen) atoms. The Labute approximate surface area is 118 Å². The van der Waals surface area contributed by atoms with E-state index in [4.69, 9.17) is 4.74 Å². The van der Waals surface area contributed by atoms with Crippen molar-refractivity contribution in [2.24, 2.45) is 0 Å². The van der Waals surface area contributed by atoms with Crippen molar-refractivity contribution in [3.63, 3.8) is 0 Å². The van der Waals surface area contributed by atoms with Gasteiger partial charge in [0.2, 0.25) is 0 Å². The molecule has 2 fully saturated rings. The van der Waals surface area contributed by atoms with Crippen molar-refractivity contribution in [3.8, 4) is 11.8 Å². The van der Waals surface area contributed by atoms with Gasteiger partial charge in [-0.25, -0.2) is 0 Å². The quantitative estimate of drug-likeness (QED) is 0.674. The van der Waals surface area contributed by atoms with Crippen LogP contribution in [0, 0.1) is 11.8 Å². The van der Waals surface area contributed by atoms with Gasteiger partial charge in [0, 0.05) is 26.2 Å². The molecule has 2 aliphatic heterocycles. The summed E-state index contributed by atoms with van der Waals surface area (Å²) in [6, 6.07) is 0. The monoisotopic (exact) mass is 264 g/mol. The summed E-state index contributed by atoms with van der Waals surface area (Å²) in [6.45, 7) is 11.9. The van der Waals surface area contributed by atoms with Crippen molar-refractivity contribution in [2.75, 3.05) is 39.8 Å². The van der Waals surface area contributed by atoms with E-state index in [0.29, 0.717) is 0 Å². The van der Waals surface area contributed by atoms with Gasteiger partial charge in [0.1, 0.15) is 5.60 Å². The third-order valence-electron chi connectivity index (χ3n) is 4.19. The molecule has 0 saturated carbocycles. The Morgan fingerprint density at radius 2 is 1.74 bits per heavy atom. The molecule has 108 valence electrons. The molecule has 2 aliphatic rings. The molecule has 0 amide bonds. The van der Waals surface area contributed by atoms with Crippen LogP contribution in [0.15, 0.2) is 0 Å². The SMILES string of the molecule is CN1CCN(CC#C[C@]2(C)CCCC(C)(C)O2)CC1. The Morgan fingerprint density at radius 3 is 2.37 bits per heavy atom. The van der Waals surface area contributed by atoms with Crippen LogP contribution in [0.25, 0.3) is 0 Å². The zero-order valence-corrected chi connectivity index (χ0v) is 13.0. The number of nitrogens with zero attached hydrogens (tertiary/aromatic N) is 2. The molecule has 0 bridgehead atoms. The van der Waals surface area contributed by atoms with Crippen molar-refractivity contribution in [2.45, 2.75) is 51.2 Å². The summed E-state index contributed by atoms with van der Waals surface area (Å²) in [6.07, 6.45) is 3.42. The van der Waals surface area contributed by atoms with Gasteiger partial charge >= 0.3 is 0 Å². The van der Waals surface area contributed by atoms with Crippen LogP contribution in [0.2, 0.25) is 0 Å². The van der Waals surface area contributed by atoms with E-state index >= 15 is 0 Å². The zero-order chi connectivity index (χ0) is 13.9. The predicted octanol–water partition coefficient (Wildman–Crippen LogP) is 1.97. The molecule has 0 unspecified atom stereocenters. The predicted molar refractivity (Wildman–Crippen MR) is 79.1 cm³/mol. The molecule has 2 saturated heterocycles. The topological polar surface area (TPSA) is 15.7 Å². The van der Waals surface area contributed by atoms with Crippen LogP contribution in [0.3, 0.4) is 0 Å². The van der Waals surface area contributed by atoms with Gasteiger partial charge in [0.05, 0.1) is 12.1 Å². The van der Waals surface area contributed by atoms with Crippen LogP contribution in [0.5, 0.6) is 0 Å². The van der Waals surface area contributed by atoms with Crippen LogP contribution in [-0.2, 0) is 4.74 Å². The highest BCUT2D eigenvalue weighted by atomic mass is 16.5. The second-order valence-corrected chi connectivity index (χ2v) is 6.83. The van der Waals surface area contributed by atoms with E-state index < -0.39 is 0 Å². The molecular weight excluding hydrogens is 236 g/mol. The van der Waals surface area contributed by atoms with E-state index in [1.54, 1.807) is 0 Å². The van der Waals surface area contributed by atoms with Crippen molar-refractivity contribution in [3.05, 3.63) is 0 Å². The summed E-state index contributed by atoms with van der Waals surface area (Å²) in [5.74, 6) is 6.73. The molecule has 0 spiro atoms. The van der Waals surface area contributed by atoms with Crippen molar-refractivity contribution in [1.29, 1.82) is 0 Å². The smallest absolute Gasteiger partial charge is 0.126 e. The fourth-order valence-electron chi connectivity index (χ4n) is 3.00. The first-order valence-corrected chi connectivity index (χ1v) is 7.50. The highest BCUT2D eigenvalue weighted by Crippen LogP contribution is 2.34. The minimum atomic E-state index is -0.242. The maximum absolute atomic E-state index is 6.17. The molecule has 0 aromatic carbocycles. The minimum absolute atomic E-state index is 0.0183. The standard InChI is InChI=1S/C16H28N2O/c1-15(2)7-5-8-16(3,19-15)9-6-10-18-13-11-17(4)12-14-18/h5,7-8,10-14H2,1-4H3/t16-/m0/s1. The zero-order valence-electron chi connectivity index (χ0n) is 13.0. The number of likely N-dealkylation sites (N-methyl/N-ethyl adjacent to an activating group) is 1. The Balaban J connectivity index is 1.85. The largest absolute Gasteiger partial charge is 0.357 e. The lowest BCUT2D eigenvalue weighted by atomic mass is 9.88. The molecule has 0 N–H and O–H groups in total. The first-order valence-electron chi connectivity index (χ1n) is 7.50. The average molecular weight is 264 g/mol. The van der Waals surface area contributed by atoms with Gasteiger partial charge in [-0.15, -0.1) is 0 Å². The van der Waals surface area contributed by atoms with Gasteiger partial charge in [-0.05, 0) is 47.1 Å². The van der Waals surface area contributed by atoms with Gasteiger partial charge in [0.25, 0.3) is 0 Å². The summed E-state index contributed by atoms with van der Waals surface area (Å²) in [4.78, 5) is 4.81. The van der Waals surface area contributed by atoms with Crippen molar-refractivity contribution >= 4 is 0 Å². The van der Waals surface area contributed by atoms with Gasteiger partial charge in [0.15, 0.2) is 0 Å². The lowest BCUT2D eigenvalue weighted by Gasteiger charge is -2.40. The number of hydrogen-bond donors (Lipinski definition) is 0. The van der Waals surface area contributed by atoms with Gasteiger partial charge in [-0.2, -0.15) is 0 Å². The molecule has 2 rings (SSSR count). The highest BCUT2D eigenvalue weighted by molar-refractivity contribution is 5.15. The Bertz CT molecular complexity index is 361. The summed E-state index contributed by atoms with van der Waals surface area (Å²) < 4.78 is 6.17. The lowest BCUT2D eigenvalue weighted by molar-refractivity contribution is -0.135. The molecule has 1 atom stereocenters. The maximum atomic E-state index is 6.17. The van der Waals surface area contributed by atoms with Crippen LogP contribution >= 0.6 is 0 Å². The van der Waals surface area contributed by atoms with E-state index in [1.165, 1.54) is 6.42 Å². The van der Waals surface area contributed by atoms with E-state index in [-0.39, 0.29) is 11.2 Å². The van der Waals surface area contributed by atoms with Crippen molar-refractivity contribution in [1.82, 2.24) is 9.80 Å². The normalized spacial score (nSPS) is 32.6. The molecule has 0 aliphatic carbocycles. The molecular formula is C16H28N2O. The second kappa shape index (κ2) is 5.83. The third-order valence-corrected chi connectivity index (χ3v) is 4.19. The van der Waals surface area contributed by atoms with Crippen LogP contribution in [0.1, 0.15) is 40.0 Å². The molecule has 3 nitrogen and oxygen atoms in total. The van der Waals surface area contributed by atoms with Gasteiger partial charge < -0.3 is 9.64 Å². The van der Waals surface area contributed by atoms with E-state index in [9.17, 15) is 0 Å². The summed E-state index contributed by atoms with van der Waals surface area (Å²) in [5.41, 5.74) is -0.260. The summed E-state index contributed by atoms with van der Waals surface area (Å²) in [5, 5.41) is 0. The van der Waals surface area contributed by atoms with Crippen LogP contribution < -0.4 is 0 Å². The Morgan fingerprint density at radius 1 is 1.05 bits per heavy atom. The van der Waals surface area contributed by atoms with Gasteiger partial charge in [-0.1, -0.05) is 11.8 Å². The van der Waals surface area contributed by atoms with Crippen molar-refractivity contribution < 1.29 is 4.74 Å². The minimum Gasteiger partial charge on any atom is -0.357 e. The molecule has 3 heteroatoms. The number of rotatable bonds is 1. The first kappa shape index (κ1) is 14.8. The van der Waals surface area contributed by atoms with E-state index in [2.05, 4.69) is 49.5 Å². The fraction of sp³-hybridized carbons (Fsp3) is 0.875. The summed E-state index contributed by atoms with van der Waals surface area (Å²) in [7, 11) is 2.18. The van der Waals surface area contributed by atoms with Crippen LogP contribution in [0.4, 0.5) is 0 Å². The molecule has 0 aromatic rings. The fourth-order valence-corrected chi connectivity index (χ4v) is 3.00. The van der Waals surface area contributed by atoms with Crippen LogP contribution in [-0.4, -0.2) is 60.8 Å². The van der Waals surface area contributed by atoms with E-state index in [1.807, 2.05) is 0 Å². The van der Waals surface area contributed by atoms with Gasteiger partial charge in [-0.3, -0.25) is 4.90 Å². The Hall–Kier alpha value is -0.560.